The number of aromatic nitrogens is 2. The molecule has 1 amide bonds. The van der Waals surface area contributed by atoms with E-state index in [1.807, 2.05) is 24.3 Å². The largest absolute Gasteiger partial charge is 0.497 e. The summed E-state index contributed by atoms with van der Waals surface area (Å²) in [6.07, 6.45) is 3.18. The molecule has 0 aliphatic heterocycles. The molecule has 2 aromatic carbocycles. The van der Waals surface area contributed by atoms with Crippen molar-refractivity contribution >= 4 is 42.4 Å². The average Bonchev–Trinajstić information content (AvgIpc) is 3.25. The van der Waals surface area contributed by atoms with Crippen LogP contribution >= 0.6 is 11.3 Å². The van der Waals surface area contributed by atoms with Crippen molar-refractivity contribution in [1.29, 1.82) is 0 Å². The molecule has 2 aromatic heterocycles. The monoisotopic (exact) mass is 467 g/mol. The third kappa shape index (κ3) is 4.95. The van der Waals surface area contributed by atoms with Gasteiger partial charge in [-0.1, -0.05) is 35.6 Å². The second-order valence-corrected chi connectivity index (χ2v) is 10.2. The number of carbonyl (C=O) groups is 1. The highest BCUT2D eigenvalue weighted by Crippen LogP contribution is 2.32. The number of nitrogens with zero attached hydrogens (tertiary/aromatic N) is 3. The van der Waals surface area contributed by atoms with E-state index >= 15 is 0 Å². The highest BCUT2D eigenvalue weighted by molar-refractivity contribution is 7.91. The van der Waals surface area contributed by atoms with Crippen LogP contribution in [-0.2, 0) is 21.2 Å². The normalized spacial score (nSPS) is 11.4. The fraction of sp³-hybridized carbons (Fsp3) is 0.174. The van der Waals surface area contributed by atoms with Crippen LogP contribution in [0.3, 0.4) is 0 Å². The number of hydrogen-bond acceptors (Lipinski definition) is 7. The van der Waals surface area contributed by atoms with E-state index in [0.29, 0.717) is 10.9 Å². The van der Waals surface area contributed by atoms with Crippen molar-refractivity contribution in [3.63, 3.8) is 0 Å². The Bertz CT molecular complexity index is 1320. The molecular weight excluding hydrogens is 446 g/mol. The van der Waals surface area contributed by atoms with Gasteiger partial charge in [0.05, 0.1) is 34.5 Å². The molecule has 0 aliphatic rings. The van der Waals surface area contributed by atoms with Crippen LogP contribution in [0.1, 0.15) is 12.0 Å². The SMILES string of the molecule is COc1ccc2nc(N(Cc3cccnc3)C(=O)CCS(=O)(=O)c3ccccc3)sc2c1. The molecule has 0 atom stereocenters. The highest BCUT2D eigenvalue weighted by Gasteiger charge is 2.23. The summed E-state index contributed by atoms with van der Waals surface area (Å²) < 4.78 is 31.5. The van der Waals surface area contributed by atoms with Gasteiger partial charge in [0.1, 0.15) is 5.75 Å². The van der Waals surface area contributed by atoms with Crippen molar-refractivity contribution in [2.24, 2.45) is 0 Å². The highest BCUT2D eigenvalue weighted by atomic mass is 32.2. The van der Waals surface area contributed by atoms with E-state index in [2.05, 4.69) is 9.97 Å². The van der Waals surface area contributed by atoms with Gasteiger partial charge >= 0.3 is 0 Å². The van der Waals surface area contributed by atoms with Gasteiger partial charge in [-0.25, -0.2) is 13.4 Å². The van der Waals surface area contributed by atoms with E-state index in [0.717, 1.165) is 15.8 Å². The lowest BCUT2D eigenvalue weighted by Gasteiger charge is -2.20. The number of methoxy groups -OCH3 is 1. The summed E-state index contributed by atoms with van der Waals surface area (Å²) in [6.45, 7) is 0.245. The van der Waals surface area contributed by atoms with Crippen LogP contribution in [0.2, 0.25) is 0 Å². The van der Waals surface area contributed by atoms with Crippen molar-refractivity contribution in [1.82, 2.24) is 9.97 Å². The van der Waals surface area contributed by atoms with Crippen LogP contribution < -0.4 is 9.64 Å². The van der Waals surface area contributed by atoms with E-state index in [-0.39, 0.29) is 29.5 Å². The number of fused-ring (bicyclic) bond motifs is 1. The predicted molar refractivity (Wildman–Crippen MR) is 125 cm³/mol. The van der Waals surface area contributed by atoms with Crippen LogP contribution in [0.5, 0.6) is 5.75 Å². The van der Waals surface area contributed by atoms with E-state index < -0.39 is 9.84 Å². The molecule has 0 N–H and O–H groups in total. The predicted octanol–water partition coefficient (Wildman–Crippen LogP) is 4.10. The van der Waals surface area contributed by atoms with Crippen molar-refractivity contribution in [2.75, 3.05) is 17.8 Å². The fourth-order valence-electron chi connectivity index (χ4n) is 3.17. The Morgan fingerprint density at radius 3 is 2.62 bits per heavy atom. The van der Waals surface area contributed by atoms with E-state index in [4.69, 9.17) is 4.74 Å². The number of benzene rings is 2. The molecule has 0 spiro atoms. The first-order chi connectivity index (χ1) is 15.5. The van der Waals surface area contributed by atoms with Crippen LogP contribution in [0.25, 0.3) is 10.2 Å². The van der Waals surface area contributed by atoms with Crippen LogP contribution in [0, 0.1) is 0 Å². The summed E-state index contributed by atoms with van der Waals surface area (Å²) >= 11 is 1.36. The second-order valence-electron chi connectivity index (χ2n) is 7.05. The second kappa shape index (κ2) is 9.46. The first-order valence-electron chi connectivity index (χ1n) is 9.88. The topological polar surface area (TPSA) is 89.5 Å². The molecule has 0 aliphatic carbocycles. The van der Waals surface area contributed by atoms with Crippen LogP contribution in [0.4, 0.5) is 5.13 Å². The Balaban J connectivity index is 1.61. The average molecular weight is 468 g/mol. The summed E-state index contributed by atoms with van der Waals surface area (Å²) in [5.74, 6) is 0.101. The van der Waals surface area contributed by atoms with E-state index in [9.17, 15) is 13.2 Å². The molecule has 4 aromatic rings. The third-order valence-electron chi connectivity index (χ3n) is 4.87. The lowest BCUT2D eigenvalue weighted by Crippen LogP contribution is -2.31. The molecule has 0 unspecified atom stereocenters. The van der Waals surface area contributed by atoms with Crippen molar-refractivity contribution < 1.29 is 17.9 Å². The fourth-order valence-corrected chi connectivity index (χ4v) is 5.44. The maximum absolute atomic E-state index is 13.2. The van der Waals surface area contributed by atoms with Gasteiger partial charge in [0.15, 0.2) is 15.0 Å². The van der Waals surface area contributed by atoms with Crippen molar-refractivity contribution in [3.8, 4) is 5.75 Å². The maximum Gasteiger partial charge on any atom is 0.230 e. The van der Waals surface area contributed by atoms with Crippen LogP contribution in [-0.4, -0.2) is 37.2 Å². The van der Waals surface area contributed by atoms with Gasteiger partial charge in [0.25, 0.3) is 0 Å². The molecule has 9 heteroatoms. The number of rotatable bonds is 8. The van der Waals surface area contributed by atoms with E-state index in [1.54, 1.807) is 43.8 Å². The zero-order chi connectivity index (χ0) is 22.6. The molecular formula is C23H21N3O4S2. The number of thiazole rings is 1. The minimum atomic E-state index is -3.57. The minimum absolute atomic E-state index is 0.156. The number of carbonyl (C=O) groups excluding carboxylic acids is 1. The lowest BCUT2D eigenvalue weighted by molar-refractivity contribution is -0.118. The lowest BCUT2D eigenvalue weighted by atomic mass is 10.2. The Labute approximate surface area is 190 Å². The molecule has 0 bridgehead atoms. The van der Waals surface area contributed by atoms with Gasteiger partial charge in [0.2, 0.25) is 5.91 Å². The Hall–Kier alpha value is -3.30. The number of hydrogen-bond donors (Lipinski definition) is 0. The molecule has 0 saturated heterocycles. The van der Waals surface area contributed by atoms with Gasteiger partial charge < -0.3 is 4.74 Å². The first kappa shape index (κ1) is 21.9. The Morgan fingerprint density at radius 2 is 1.91 bits per heavy atom. The minimum Gasteiger partial charge on any atom is -0.497 e. The van der Waals surface area contributed by atoms with Gasteiger partial charge in [-0.2, -0.15) is 0 Å². The van der Waals surface area contributed by atoms with Gasteiger partial charge in [-0.3, -0.25) is 14.7 Å². The standard InChI is InChI=1S/C23H21N3O4S2/c1-30-18-9-10-20-21(14-18)31-23(25-20)26(16-17-6-5-12-24-15-17)22(27)11-13-32(28,29)19-7-3-2-4-8-19/h2-10,12,14-15H,11,13,16H2,1H3. The number of anilines is 1. The molecule has 0 saturated carbocycles. The van der Waals surface area contributed by atoms with Crippen LogP contribution in [0.15, 0.2) is 78.0 Å². The summed E-state index contributed by atoms with van der Waals surface area (Å²) in [4.78, 5) is 23.7. The molecule has 7 nitrogen and oxygen atoms in total. The molecule has 2 heterocycles. The first-order valence-corrected chi connectivity index (χ1v) is 12.3. The number of amides is 1. The summed E-state index contributed by atoms with van der Waals surface area (Å²) in [5, 5.41) is 0.499. The molecule has 32 heavy (non-hydrogen) atoms. The quantitative estimate of drug-likeness (QED) is 0.388. The molecule has 164 valence electrons. The smallest absolute Gasteiger partial charge is 0.230 e. The maximum atomic E-state index is 13.2. The summed E-state index contributed by atoms with van der Waals surface area (Å²) in [6, 6.07) is 17.3. The summed E-state index contributed by atoms with van der Waals surface area (Å²) in [7, 11) is -1.98. The zero-order valence-electron chi connectivity index (χ0n) is 17.3. The summed E-state index contributed by atoms with van der Waals surface area (Å²) in [5.41, 5.74) is 1.57. The third-order valence-corrected chi connectivity index (χ3v) is 7.64. The van der Waals surface area contributed by atoms with Gasteiger partial charge in [0, 0.05) is 18.8 Å². The van der Waals surface area contributed by atoms with Gasteiger partial charge in [-0.05, 0) is 42.0 Å². The Kier molecular flexibility index (Phi) is 6.48. The zero-order valence-corrected chi connectivity index (χ0v) is 19.0. The van der Waals surface area contributed by atoms with Crippen molar-refractivity contribution in [2.45, 2.75) is 17.9 Å². The van der Waals surface area contributed by atoms with E-state index in [1.165, 1.54) is 28.4 Å². The number of pyridine rings is 1. The molecule has 0 radical (unpaired) electrons. The number of sulfone groups is 1. The van der Waals surface area contributed by atoms with Gasteiger partial charge in [-0.15, -0.1) is 0 Å². The number of ether oxygens (including phenoxy) is 1. The molecule has 4 rings (SSSR count). The Morgan fingerprint density at radius 1 is 1.09 bits per heavy atom. The molecule has 0 fully saturated rings. The van der Waals surface area contributed by atoms with Crippen molar-refractivity contribution in [3.05, 3.63) is 78.6 Å².